The summed E-state index contributed by atoms with van der Waals surface area (Å²) in [6.45, 7) is 6.18. The highest BCUT2D eigenvalue weighted by Gasteiger charge is 2.11. The number of aromatic nitrogens is 3. The highest BCUT2D eigenvalue weighted by molar-refractivity contribution is 5.76. The van der Waals surface area contributed by atoms with Gasteiger partial charge < -0.3 is 9.84 Å². The summed E-state index contributed by atoms with van der Waals surface area (Å²) in [6.07, 6.45) is 2.81. The third-order valence-electron chi connectivity index (χ3n) is 3.19. The van der Waals surface area contributed by atoms with Crippen LogP contribution in [0.2, 0.25) is 0 Å². The molecule has 0 aliphatic heterocycles. The Bertz CT molecular complexity index is 551. The number of aromatic amines is 1. The Balaban J connectivity index is 1.81. The molecular weight excluding hydrogens is 244 g/mol. The largest absolute Gasteiger partial charge is 0.361 e. The molecule has 6 heteroatoms. The van der Waals surface area contributed by atoms with E-state index in [0.29, 0.717) is 19.4 Å². The first-order valence-electron chi connectivity index (χ1n) is 6.25. The summed E-state index contributed by atoms with van der Waals surface area (Å²) in [7, 11) is 0. The first-order chi connectivity index (χ1) is 9.08. The summed E-state index contributed by atoms with van der Waals surface area (Å²) in [4.78, 5) is 11.8. The number of aryl methyl sites for hydroxylation is 3. The maximum atomic E-state index is 11.8. The molecule has 0 unspecified atom stereocenters. The molecular formula is C13H18N4O2. The second-order valence-corrected chi connectivity index (χ2v) is 4.60. The molecule has 0 spiro atoms. The van der Waals surface area contributed by atoms with Gasteiger partial charge in [-0.25, -0.2) is 0 Å². The van der Waals surface area contributed by atoms with Crippen molar-refractivity contribution in [2.75, 3.05) is 0 Å². The smallest absolute Gasteiger partial charge is 0.220 e. The molecule has 0 saturated carbocycles. The second kappa shape index (κ2) is 5.69. The van der Waals surface area contributed by atoms with Gasteiger partial charge in [-0.1, -0.05) is 5.16 Å². The number of hydrogen-bond acceptors (Lipinski definition) is 4. The van der Waals surface area contributed by atoms with Crippen LogP contribution in [0.4, 0.5) is 0 Å². The molecule has 0 aromatic carbocycles. The van der Waals surface area contributed by atoms with Crippen molar-refractivity contribution in [1.82, 2.24) is 20.7 Å². The number of carbonyl (C=O) groups excluding carboxylic acids is 1. The molecule has 2 N–H and O–H groups in total. The van der Waals surface area contributed by atoms with Gasteiger partial charge in [0.15, 0.2) is 0 Å². The Labute approximate surface area is 111 Å². The highest BCUT2D eigenvalue weighted by Crippen LogP contribution is 2.14. The average Bonchev–Trinajstić information content (AvgIpc) is 2.92. The average molecular weight is 262 g/mol. The van der Waals surface area contributed by atoms with E-state index in [1.54, 1.807) is 6.20 Å². The van der Waals surface area contributed by atoms with Crippen LogP contribution >= 0.6 is 0 Å². The first kappa shape index (κ1) is 13.3. The molecule has 2 aromatic heterocycles. The number of nitrogens with zero attached hydrogens (tertiary/aromatic N) is 2. The van der Waals surface area contributed by atoms with Gasteiger partial charge >= 0.3 is 0 Å². The van der Waals surface area contributed by atoms with Crippen LogP contribution in [0.5, 0.6) is 0 Å². The summed E-state index contributed by atoms with van der Waals surface area (Å²) >= 11 is 0. The molecule has 2 heterocycles. The molecule has 0 bridgehead atoms. The minimum atomic E-state index is 0.0144. The molecule has 19 heavy (non-hydrogen) atoms. The minimum absolute atomic E-state index is 0.0144. The fraction of sp³-hybridized carbons (Fsp3) is 0.462. The fourth-order valence-corrected chi connectivity index (χ4v) is 1.93. The summed E-state index contributed by atoms with van der Waals surface area (Å²) < 4.78 is 5.07. The van der Waals surface area contributed by atoms with Crippen molar-refractivity contribution in [2.24, 2.45) is 0 Å². The van der Waals surface area contributed by atoms with Crippen LogP contribution in [-0.2, 0) is 17.8 Å². The van der Waals surface area contributed by atoms with E-state index < -0.39 is 0 Å². The maximum absolute atomic E-state index is 11.8. The molecule has 0 saturated heterocycles. The Hall–Kier alpha value is -2.11. The lowest BCUT2D eigenvalue weighted by Crippen LogP contribution is -2.23. The molecule has 0 fully saturated rings. The molecule has 6 nitrogen and oxygen atoms in total. The topological polar surface area (TPSA) is 83.8 Å². The molecule has 0 aliphatic carbocycles. The third-order valence-corrected chi connectivity index (χ3v) is 3.19. The Morgan fingerprint density at radius 3 is 2.79 bits per heavy atom. The number of carbonyl (C=O) groups is 1. The van der Waals surface area contributed by atoms with Crippen LogP contribution in [0.25, 0.3) is 0 Å². The monoisotopic (exact) mass is 262 g/mol. The van der Waals surface area contributed by atoms with Crippen LogP contribution in [0.15, 0.2) is 10.7 Å². The van der Waals surface area contributed by atoms with E-state index in [-0.39, 0.29) is 5.91 Å². The zero-order valence-corrected chi connectivity index (χ0v) is 11.4. The predicted molar refractivity (Wildman–Crippen MR) is 69.5 cm³/mol. The van der Waals surface area contributed by atoms with Crippen LogP contribution < -0.4 is 5.32 Å². The van der Waals surface area contributed by atoms with E-state index in [2.05, 4.69) is 20.7 Å². The highest BCUT2D eigenvalue weighted by atomic mass is 16.5. The van der Waals surface area contributed by atoms with Crippen LogP contribution in [-0.4, -0.2) is 21.3 Å². The van der Waals surface area contributed by atoms with Crippen molar-refractivity contribution in [3.05, 3.63) is 34.5 Å². The lowest BCUT2D eigenvalue weighted by atomic mass is 10.1. The summed E-state index contributed by atoms with van der Waals surface area (Å²) in [6, 6.07) is 0. The second-order valence-electron chi connectivity index (χ2n) is 4.60. The van der Waals surface area contributed by atoms with Crippen LogP contribution in [0.1, 0.15) is 34.7 Å². The van der Waals surface area contributed by atoms with Gasteiger partial charge in [0.2, 0.25) is 5.91 Å². The number of amides is 1. The van der Waals surface area contributed by atoms with Gasteiger partial charge in [0.05, 0.1) is 11.9 Å². The first-order valence-corrected chi connectivity index (χ1v) is 6.25. The van der Waals surface area contributed by atoms with Crippen molar-refractivity contribution >= 4 is 5.91 Å². The molecule has 0 radical (unpaired) electrons. The van der Waals surface area contributed by atoms with Crippen molar-refractivity contribution in [3.8, 4) is 0 Å². The van der Waals surface area contributed by atoms with Crippen molar-refractivity contribution in [3.63, 3.8) is 0 Å². The SMILES string of the molecule is Cc1noc(C)c1CCC(=O)NCc1cn[nH]c1C. The lowest BCUT2D eigenvalue weighted by molar-refractivity contribution is -0.121. The third kappa shape index (κ3) is 3.21. The van der Waals surface area contributed by atoms with E-state index in [4.69, 9.17) is 4.52 Å². The quantitative estimate of drug-likeness (QED) is 0.856. The van der Waals surface area contributed by atoms with Gasteiger partial charge in [0, 0.05) is 29.8 Å². The number of hydrogen-bond donors (Lipinski definition) is 2. The summed E-state index contributed by atoms with van der Waals surface area (Å²) in [5, 5.41) is 13.5. The number of rotatable bonds is 5. The van der Waals surface area contributed by atoms with E-state index in [1.165, 1.54) is 0 Å². The van der Waals surface area contributed by atoms with Gasteiger partial charge in [-0.2, -0.15) is 5.10 Å². The van der Waals surface area contributed by atoms with Gasteiger partial charge in [0.25, 0.3) is 0 Å². The van der Waals surface area contributed by atoms with Gasteiger partial charge in [-0.15, -0.1) is 0 Å². The van der Waals surface area contributed by atoms with Crippen molar-refractivity contribution in [1.29, 1.82) is 0 Å². The van der Waals surface area contributed by atoms with Gasteiger partial charge in [0.1, 0.15) is 5.76 Å². The van der Waals surface area contributed by atoms with Crippen LogP contribution in [0, 0.1) is 20.8 Å². The molecule has 0 aliphatic rings. The zero-order valence-electron chi connectivity index (χ0n) is 11.4. The Morgan fingerprint density at radius 2 is 2.21 bits per heavy atom. The van der Waals surface area contributed by atoms with E-state index in [1.807, 2.05) is 20.8 Å². The molecule has 0 atom stereocenters. The molecule has 1 amide bonds. The number of H-pyrrole nitrogens is 1. The molecule has 102 valence electrons. The minimum Gasteiger partial charge on any atom is -0.361 e. The van der Waals surface area contributed by atoms with Crippen molar-refractivity contribution < 1.29 is 9.32 Å². The van der Waals surface area contributed by atoms with Crippen LogP contribution in [0.3, 0.4) is 0 Å². The van der Waals surface area contributed by atoms with E-state index in [9.17, 15) is 4.79 Å². The Kier molecular flexibility index (Phi) is 3.99. The Morgan fingerprint density at radius 1 is 1.42 bits per heavy atom. The number of nitrogens with one attached hydrogen (secondary N) is 2. The van der Waals surface area contributed by atoms with E-state index in [0.717, 1.165) is 28.3 Å². The zero-order chi connectivity index (χ0) is 13.8. The lowest BCUT2D eigenvalue weighted by Gasteiger charge is -2.04. The standard InChI is InChI=1S/C13H18N4O2/c1-8-11(7-15-16-8)6-14-13(18)5-4-12-9(2)17-19-10(12)3/h7H,4-6H2,1-3H3,(H,14,18)(H,15,16). The van der Waals surface area contributed by atoms with Crippen molar-refractivity contribution in [2.45, 2.75) is 40.2 Å². The fourth-order valence-electron chi connectivity index (χ4n) is 1.93. The maximum Gasteiger partial charge on any atom is 0.220 e. The molecule has 2 aromatic rings. The van der Waals surface area contributed by atoms with E-state index >= 15 is 0 Å². The summed E-state index contributed by atoms with van der Waals surface area (Å²) in [5.41, 5.74) is 3.86. The normalized spacial score (nSPS) is 10.7. The van der Waals surface area contributed by atoms with Gasteiger partial charge in [-0.3, -0.25) is 9.89 Å². The van der Waals surface area contributed by atoms with Gasteiger partial charge in [-0.05, 0) is 27.2 Å². The summed E-state index contributed by atoms with van der Waals surface area (Å²) in [5.74, 6) is 0.802. The molecule has 2 rings (SSSR count). The predicted octanol–water partition coefficient (Wildman–Crippen LogP) is 1.57.